The second-order valence-electron chi connectivity index (χ2n) is 4.48. The van der Waals surface area contributed by atoms with Gasteiger partial charge < -0.3 is 4.42 Å². The van der Waals surface area contributed by atoms with Gasteiger partial charge in [-0.05, 0) is 36.0 Å². The van der Waals surface area contributed by atoms with Gasteiger partial charge >= 0.3 is 0 Å². The molecule has 2 aromatic rings. The minimum atomic E-state index is -0.581. The van der Waals surface area contributed by atoms with Gasteiger partial charge in [0, 0.05) is 17.7 Å². The molecule has 1 aromatic heterocycles. The normalized spacial score (nSPS) is 16.0. The number of nitrogens with zero attached hydrogens (tertiary/aromatic N) is 1. The van der Waals surface area contributed by atoms with Crippen molar-refractivity contribution in [2.24, 2.45) is 0 Å². The Morgan fingerprint density at radius 3 is 2.70 bits per heavy atom. The van der Waals surface area contributed by atoms with E-state index in [9.17, 15) is 19.7 Å². The summed E-state index contributed by atoms with van der Waals surface area (Å²) < 4.78 is 5.54. The Morgan fingerprint density at radius 2 is 2.04 bits per heavy atom. The molecule has 1 N–H and O–H groups in total. The fraction of sp³-hybridized carbons (Fsp3) is 0. The van der Waals surface area contributed by atoms with E-state index >= 15 is 0 Å². The lowest BCUT2D eigenvalue weighted by molar-refractivity contribution is -0.384. The Hall–Kier alpha value is -2.58. The zero-order valence-electron chi connectivity index (χ0n) is 11.2. The van der Waals surface area contributed by atoms with Crippen LogP contribution in [0.15, 0.2) is 39.7 Å². The van der Waals surface area contributed by atoms with Crippen LogP contribution in [-0.2, 0) is 4.79 Å². The number of halogens is 1. The first kappa shape index (κ1) is 15.3. The molecule has 0 radical (unpaired) electrons. The van der Waals surface area contributed by atoms with Crippen molar-refractivity contribution in [1.29, 1.82) is 0 Å². The molecule has 1 aliphatic heterocycles. The van der Waals surface area contributed by atoms with Crippen LogP contribution in [0.1, 0.15) is 5.76 Å². The van der Waals surface area contributed by atoms with Gasteiger partial charge in [-0.25, -0.2) is 0 Å². The SMILES string of the molecule is O=C1NC(=O)/C(=C\c2ccc(-c3ccc(Cl)c([N+](=O)[O-])c3)o2)S1. The van der Waals surface area contributed by atoms with Gasteiger partial charge in [-0.1, -0.05) is 11.6 Å². The fourth-order valence-electron chi connectivity index (χ4n) is 1.94. The highest BCUT2D eigenvalue weighted by molar-refractivity contribution is 8.18. The molecular formula is C14H7ClN2O5S. The molecule has 3 rings (SSSR count). The highest BCUT2D eigenvalue weighted by Crippen LogP contribution is 2.32. The zero-order chi connectivity index (χ0) is 16.6. The van der Waals surface area contributed by atoms with Crippen LogP contribution in [0.2, 0.25) is 5.02 Å². The summed E-state index contributed by atoms with van der Waals surface area (Å²) in [5.74, 6) is 0.247. The van der Waals surface area contributed by atoms with Crippen molar-refractivity contribution in [2.45, 2.75) is 0 Å². The summed E-state index contributed by atoms with van der Waals surface area (Å²) in [6, 6.07) is 7.51. The molecular weight excluding hydrogens is 344 g/mol. The highest BCUT2D eigenvalue weighted by atomic mass is 35.5. The van der Waals surface area contributed by atoms with E-state index in [0.29, 0.717) is 17.1 Å². The minimum absolute atomic E-state index is 0.0326. The fourth-order valence-corrected chi connectivity index (χ4v) is 2.79. The summed E-state index contributed by atoms with van der Waals surface area (Å²) in [6.45, 7) is 0. The average Bonchev–Trinajstić information content (AvgIpc) is 3.06. The smallest absolute Gasteiger partial charge is 0.290 e. The molecule has 7 nitrogen and oxygen atoms in total. The van der Waals surface area contributed by atoms with Gasteiger partial charge in [0.05, 0.1) is 9.83 Å². The lowest BCUT2D eigenvalue weighted by atomic mass is 10.1. The molecule has 1 aliphatic rings. The Labute approximate surface area is 138 Å². The molecule has 0 aliphatic carbocycles. The third-order valence-electron chi connectivity index (χ3n) is 2.97. The second-order valence-corrected chi connectivity index (χ2v) is 5.90. The first-order valence-electron chi connectivity index (χ1n) is 6.23. The van der Waals surface area contributed by atoms with Crippen molar-refractivity contribution in [3.05, 3.63) is 56.1 Å². The van der Waals surface area contributed by atoms with Gasteiger partial charge in [0.1, 0.15) is 16.5 Å². The monoisotopic (exact) mass is 350 g/mol. The van der Waals surface area contributed by atoms with Gasteiger partial charge in [-0.3, -0.25) is 25.0 Å². The van der Waals surface area contributed by atoms with E-state index < -0.39 is 16.1 Å². The molecule has 23 heavy (non-hydrogen) atoms. The van der Waals surface area contributed by atoms with Gasteiger partial charge in [-0.15, -0.1) is 0 Å². The third kappa shape index (κ3) is 3.13. The summed E-state index contributed by atoms with van der Waals surface area (Å²) in [4.78, 5) is 33.1. The number of benzene rings is 1. The number of nitrogens with one attached hydrogen (secondary N) is 1. The summed E-state index contributed by atoms with van der Waals surface area (Å²) in [6.07, 6.45) is 1.43. The number of rotatable bonds is 3. The Morgan fingerprint density at radius 1 is 1.26 bits per heavy atom. The van der Waals surface area contributed by atoms with Gasteiger partial charge in [0.2, 0.25) is 0 Å². The quantitative estimate of drug-likeness (QED) is 0.512. The van der Waals surface area contributed by atoms with Crippen LogP contribution in [0.3, 0.4) is 0 Å². The Bertz CT molecular complexity index is 874. The van der Waals surface area contributed by atoms with E-state index in [-0.39, 0.29) is 15.6 Å². The van der Waals surface area contributed by atoms with E-state index in [1.165, 1.54) is 18.2 Å². The van der Waals surface area contributed by atoms with Crippen LogP contribution in [0.4, 0.5) is 10.5 Å². The number of furan rings is 1. The number of nitro benzene ring substituents is 1. The molecule has 0 bridgehead atoms. The van der Waals surface area contributed by atoms with Crippen molar-refractivity contribution >= 4 is 46.3 Å². The molecule has 2 heterocycles. The first-order chi connectivity index (χ1) is 10.9. The molecule has 0 atom stereocenters. The molecule has 0 saturated carbocycles. The molecule has 9 heteroatoms. The van der Waals surface area contributed by atoms with Crippen molar-refractivity contribution < 1.29 is 18.9 Å². The van der Waals surface area contributed by atoms with E-state index in [1.54, 1.807) is 18.2 Å². The largest absolute Gasteiger partial charge is 0.457 e. The highest BCUT2D eigenvalue weighted by Gasteiger charge is 2.25. The average molecular weight is 351 g/mol. The molecule has 0 unspecified atom stereocenters. The summed E-state index contributed by atoms with van der Waals surface area (Å²) in [5, 5.41) is 12.6. The maximum Gasteiger partial charge on any atom is 0.290 e. The number of carbonyl (C=O) groups is 2. The number of hydrogen-bond acceptors (Lipinski definition) is 6. The van der Waals surface area contributed by atoms with Crippen LogP contribution in [0, 0.1) is 10.1 Å². The van der Waals surface area contributed by atoms with E-state index in [1.807, 2.05) is 0 Å². The third-order valence-corrected chi connectivity index (χ3v) is 4.10. The molecule has 1 saturated heterocycles. The van der Waals surface area contributed by atoms with Crippen LogP contribution < -0.4 is 5.32 Å². The standard InChI is InChI=1S/C14H7ClN2O5S/c15-9-3-1-7(5-10(9)17(20)21)11-4-2-8(22-11)6-12-13(18)16-14(19)23-12/h1-6H,(H,16,18,19)/b12-6+. The maximum absolute atomic E-state index is 11.5. The molecule has 0 spiro atoms. The van der Waals surface area contributed by atoms with E-state index in [2.05, 4.69) is 5.32 Å². The van der Waals surface area contributed by atoms with Crippen LogP contribution >= 0.6 is 23.4 Å². The van der Waals surface area contributed by atoms with E-state index in [0.717, 1.165) is 11.8 Å². The Balaban J connectivity index is 1.92. The molecule has 116 valence electrons. The predicted octanol–water partition coefficient (Wildman–Crippen LogP) is 3.83. The Kier molecular flexibility index (Phi) is 3.93. The number of carbonyl (C=O) groups excluding carboxylic acids is 2. The summed E-state index contributed by atoms with van der Waals surface area (Å²) >= 11 is 6.54. The number of thioether (sulfide) groups is 1. The van der Waals surface area contributed by atoms with Crippen molar-refractivity contribution in [3.63, 3.8) is 0 Å². The predicted molar refractivity (Wildman–Crippen MR) is 84.9 cm³/mol. The zero-order valence-corrected chi connectivity index (χ0v) is 12.8. The summed E-state index contributed by atoms with van der Waals surface area (Å²) in [7, 11) is 0. The van der Waals surface area contributed by atoms with Crippen LogP contribution in [0.5, 0.6) is 0 Å². The van der Waals surface area contributed by atoms with Crippen molar-refractivity contribution in [2.75, 3.05) is 0 Å². The number of amides is 2. The first-order valence-corrected chi connectivity index (χ1v) is 7.42. The van der Waals surface area contributed by atoms with Gasteiger partial charge in [0.25, 0.3) is 16.8 Å². The van der Waals surface area contributed by atoms with Crippen molar-refractivity contribution in [3.8, 4) is 11.3 Å². The summed E-state index contributed by atoms with van der Waals surface area (Å²) in [5.41, 5.74) is 0.252. The minimum Gasteiger partial charge on any atom is -0.457 e. The maximum atomic E-state index is 11.5. The topological polar surface area (TPSA) is 102 Å². The molecule has 1 aromatic carbocycles. The second kappa shape index (κ2) is 5.90. The number of nitro groups is 1. The van der Waals surface area contributed by atoms with Gasteiger partial charge in [-0.2, -0.15) is 0 Å². The number of imide groups is 1. The molecule has 1 fully saturated rings. The van der Waals surface area contributed by atoms with Crippen LogP contribution in [0.25, 0.3) is 17.4 Å². The lowest BCUT2D eigenvalue weighted by Crippen LogP contribution is -2.17. The van der Waals surface area contributed by atoms with Crippen LogP contribution in [-0.4, -0.2) is 16.1 Å². The number of hydrogen-bond donors (Lipinski definition) is 1. The van der Waals surface area contributed by atoms with E-state index in [4.69, 9.17) is 16.0 Å². The van der Waals surface area contributed by atoms with Crippen molar-refractivity contribution in [1.82, 2.24) is 5.32 Å². The molecule has 2 amide bonds. The van der Waals surface area contributed by atoms with Gasteiger partial charge in [0.15, 0.2) is 0 Å². The lowest BCUT2D eigenvalue weighted by Gasteiger charge is -1.99.